The van der Waals surface area contributed by atoms with Gasteiger partial charge in [-0.1, -0.05) is 24.3 Å². The molecule has 1 fully saturated rings. The molecule has 1 N–H and O–H groups in total. The first-order valence-electron chi connectivity index (χ1n) is 10.3. The molecule has 1 aromatic heterocycles. The lowest BCUT2D eigenvalue weighted by Gasteiger charge is -2.37. The molecular weight excluding hydrogens is 393 g/mol. The van der Waals surface area contributed by atoms with Gasteiger partial charge in [0.1, 0.15) is 5.82 Å². The van der Waals surface area contributed by atoms with Crippen LogP contribution in [0, 0.1) is 17.1 Å². The predicted octanol–water partition coefficient (Wildman–Crippen LogP) is 3.63. The van der Waals surface area contributed by atoms with Crippen molar-refractivity contribution >= 4 is 5.95 Å². The summed E-state index contributed by atoms with van der Waals surface area (Å²) in [6.07, 6.45) is 1.90. The molecule has 0 aliphatic carbocycles. The summed E-state index contributed by atoms with van der Waals surface area (Å²) in [5.74, 6) is 0.334. The molecule has 1 aliphatic heterocycles. The molecule has 1 aliphatic rings. The quantitative estimate of drug-likeness (QED) is 0.683. The molecule has 31 heavy (non-hydrogen) atoms. The topological polar surface area (TPSA) is 74.1 Å². The van der Waals surface area contributed by atoms with E-state index >= 15 is 0 Å². The molecule has 0 amide bonds. The molecule has 4 rings (SSSR count). The normalized spacial score (nSPS) is 18.6. The van der Waals surface area contributed by atoms with Gasteiger partial charge in [-0.3, -0.25) is 0 Å². The largest absolute Gasteiger partial charge is 0.370 e. The van der Waals surface area contributed by atoms with Crippen molar-refractivity contribution in [3.8, 4) is 28.5 Å². The molecule has 2 unspecified atom stereocenters. The molecule has 7 heteroatoms. The molecule has 3 aromatic rings. The molecule has 158 valence electrons. The van der Waals surface area contributed by atoms with E-state index in [0.29, 0.717) is 24.6 Å². The van der Waals surface area contributed by atoms with E-state index in [0.717, 1.165) is 28.9 Å². The van der Waals surface area contributed by atoms with Gasteiger partial charge in [0, 0.05) is 37.0 Å². The van der Waals surface area contributed by atoms with Crippen molar-refractivity contribution < 1.29 is 9.13 Å². The maximum atomic E-state index is 13.5. The summed E-state index contributed by atoms with van der Waals surface area (Å²) in [7, 11) is 1.91. The van der Waals surface area contributed by atoms with E-state index in [2.05, 4.69) is 21.3 Å². The number of nitriles is 1. The molecule has 0 saturated carbocycles. The van der Waals surface area contributed by atoms with Gasteiger partial charge in [-0.05, 0) is 43.8 Å². The Bertz CT molecular complexity index is 1080. The van der Waals surface area contributed by atoms with Gasteiger partial charge in [0.05, 0.1) is 29.5 Å². The Labute approximate surface area is 181 Å². The number of halogens is 1. The first kappa shape index (κ1) is 20.9. The van der Waals surface area contributed by atoms with Crippen molar-refractivity contribution in [2.75, 3.05) is 31.6 Å². The van der Waals surface area contributed by atoms with Gasteiger partial charge in [-0.15, -0.1) is 0 Å². The van der Waals surface area contributed by atoms with Gasteiger partial charge in [-0.25, -0.2) is 14.4 Å². The van der Waals surface area contributed by atoms with Crippen LogP contribution in [-0.4, -0.2) is 48.9 Å². The van der Waals surface area contributed by atoms with E-state index in [-0.39, 0.29) is 18.0 Å². The highest BCUT2D eigenvalue weighted by atomic mass is 19.1. The summed E-state index contributed by atoms with van der Waals surface area (Å²) >= 11 is 0. The van der Waals surface area contributed by atoms with Crippen LogP contribution in [0.15, 0.2) is 54.7 Å². The number of anilines is 1. The second-order valence-corrected chi connectivity index (χ2v) is 7.66. The van der Waals surface area contributed by atoms with Crippen molar-refractivity contribution in [2.45, 2.75) is 19.1 Å². The molecule has 0 radical (unpaired) electrons. The Morgan fingerprint density at radius 1 is 1.13 bits per heavy atom. The second-order valence-electron chi connectivity index (χ2n) is 7.66. The number of nitrogens with one attached hydrogen (secondary N) is 1. The van der Waals surface area contributed by atoms with Crippen LogP contribution in [0.1, 0.15) is 12.5 Å². The fourth-order valence-corrected chi connectivity index (χ4v) is 3.84. The first-order valence-corrected chi connectivity index (χ1v) is 10.3. The van der Waals surface area contributed by atoms with Crippen LogP contribution in [0.5, 0.6) is 0 Å². The van der Waals surface area contributed by atoms with Gasteiger partial charge in [0.25, 0.3) is 0 Å². The minimum Gasteiger partial charge on any atom is -0.370 e. The minimum absolute atomic E-state index is 0.0486. The summed E-state index contributed by atoms with van der Waals surface area (Å²) in [6.45, 7) is 4.18. The van der Waals surface area contributed by atoms with Crippen LogP contribution in [0.2, 0.25) is 0 Å². The van der Waals surface area contributed by atoms with Crippen molar-refractivity contribution in [1.82, 2.24) is 15.3 Å². The van der Waals surface area contributed by atoms with E-state index in [1.807, 2.05) is 26.1 Å². The third kappa shape index (κ3) is 4.71. The highest BCUT2D eigenvalue weighted by Gasteiger charge is 2.27. The summed E-state index contributed by atoms with van der Waals surface area (Å²) in [4.78, 5) is 11.7. The monoisotopic (exact) mass is 417 g/mol. The minimum atomic E-state index is -0.293. The lowest BCUT2D eigenvalue weighted by Crippen LogP contribution is -2.50. The molecule has 2 heterocycles. The molecule has 0 bridgehead atoms. The number of likely N-dealkylation sites (N-methyl/N-ethyl adjacent to an activating group) is 1. The van der Waals surface area contributed by atoms with E-state index in [1.165, 1.54) is 12.1 Å². The highest BCUT2D eigenvalue weighted by molar-refractivity contribution is 5.81. The maximum Gasteiger partial charge on any atom is 0.226 e. The van der Waals surface area contributed by atoms with E-state index in [9.17, 15) is 4.39 Å². The van der Waals surface area contributed by atoms with Gasteiger partial charge >= 0.3 is 0 Å². The van der Waals surface area contributed by atoms with Crippen LogP contribution in [0.25, 0.3) is 22.4 Å². The van der Waals surface area contributed by atoms with Gasteiger partial charge in [0.2, 0.25) is 5.95 Å². The van der Waals surface area contributed by atoms with Crippen LogP contribution < -0.4 is 10.2 Å². The smallest absolute Gasteiger partial charge is 0.226 e. The molecular formula is C24H24FN5O. The Morgan fingerprint density at radius 2 is 1.84 bits per heavy atom. The van der Waals surface area contributed by atoms with E-state index < -0.39 is 0 Å². The van der Waals surface area contributed by atoms with Crippen LogP contribution >= 0.6 is 0 Å². The average Bonchev–Trinajstić information content (AvgIpc) is 2.79. The Morgan fingerprint density at radius 3 is 2.52 bits per heavy atom. The number of hydrogen-bond acceptors (Lipinski definition) is 6. The van der Waals surface area contributed by atoms with Crippen molar-refractivity contribution in [2.24, 2.45) is 0 Å². The number of nitrogens with zero attached hydrogens (tertiary/aromatic N) is 4. The lowest BCUT2D eigenvalue weighted by molar-refractivity contribution is -0.0142. The molecule has 6 nitrogen and oxygen atoms in total. The Kier molecular flexibility index (Phi) is 6.21. The Hall–Kier alpha value is -3.34. The number of aromatic nitrogens is 2. The second kappa shape index (κ2) is 9.21. The number of benzene rings is 2. The third-order valence-electron chi connectivity index (χ3n) is 5.26. The predicted molar refractivity (Wildman–Crippen MR) is 118 cm³/mol. The fraction of sp³-hybridized carbons (Fsp3) is 0.292. The van der Waals surface area contributed by atoms with E-state index in [1.54, 1.807) is 30.5 Å². The average molecular weight is 417 g/mol. The van der Waals surface area contributed by atoms with Crippen molar-refractivity contribution in [3.05, 3.63) is 66.1 Å². The number of hydrogen-bond donors (Lipinski definition) is 1. The number of morpholine rings is 1. The molecule has 2 aromatic carbocycles. The summed E-state index contributed by atoms with van der Waals surface area (Å²) in [5.41, 5.74) is 3.83. The SMILES string of the molecule is CNCC1CN(c2ncc(-c3ccc(F)cc3)c(-c3ccc(C#N)cc3)n2)CC(C)O1. The molecule has 1 saturated heterocycles. The van der Waals surface area contributed by atoms with Crippen molar-refractivity contribution in [1.29, 1.82) is 5.26 Å². The number of ether oxygens (including phenoxy) is 1. The fourth-order valence-electron chi connectivity index (χ4n) is 3.84. The van der Waals surface area contributed by atoms with Crippen LogP contribution in [0.3, 0.4) is 0 Å². The lowest BCUT2D eigenvalue weighted by atomic mass is 10.00. The molecule has 0 spiro atoms. The first-order chi connectivity index (χ1) is 15.1. The van der Waals surface area contributed by atoms with Gasteiger partial charge < -0.3 is 15.0 Å². The molecule has 2 atom stereocenters. The number of rotatable bonds is 5. The van der Waals surface area contributed by atoms with Gasteiger partial charge in [-0.2, -0.15) is 5.26 Å². The Balaban J connectivity index is 1.76. The van der Waals surface area contributed by atoms with E-state index in [4.69, 9.17) is 15.0 Å². The zero-order chi connectivity index (χ0) is 21.8. The van der Waals surface area contributed by atoms with Crippen LogP contribution in [0.4, 0.5) is 10.3 Å². The standard InChI is InChI=1S/C24H24FN5O/c1-16-14-30(15-21(31-16)12-27-2)24-28-13-22(18-7-9-20(25)10-8-18)23(29-24)19-5-3-17(11-26)4-6-19/h3-10,13,16,21,27H,12,14-15H2,1-2H3. The maximum absolute atomic E-state index is 13.5. The zero-order valence-electron chi connectivity index (χ0n) is 17.5. The van der Waals surface area contributed by atoms with Crippen molar-refractivity contribution in [3.63, 3.8) is 0 Å². The summed E-state index contributed by atoms with van der Waals surface area (Å²) in [5, 5.41) is 12.3. The van der Waals surface area contributed by atoms with Crippen LogP contribution in [-0.2, 0) is 4.74 Å². The van der Waals surface area contributed by atoms with Gasteiger partial charge in [0.15, 0.2) is 0 Å². The third-order valence-corrected chi connectivity index (χ3v) is 5.26. The highest BCUT2D eigenvalue weighted by Crippen LogP contribution is 2.32. The summed E-state index contributed by atoms with van der Waals surface area (Å²) in [6, 6.07) is 15.7. The zero-order valence-corrected chi connectivity index (χ0v) is 17.5. The summed E-state index contributed by atoms with van der Waals surface area (Å²) < 4.78 is 19.5.